The minimum absolute atomic E-state index is 0.0906. The zero-order valence-electron chi connectivity index (χ0n) is 10.7. The number of hydrogen-bond donors (Lipinski definition) is 0. The van der Waals surface area contributed by atoms with Crippen molar-refractivity contribution in [2.45, 2.75) is 24.3 Å². The van der Waals surface area contributed by atoms with E-state index in [1.165, 1.54) is 0 Å². The molecular weight excluding hydrogens is 240 g/mol. The highest BCUT2D eigenvalue weighted by molar-refractivity contribution is 6.65. The number of esters is 1. The third kappa shape index (κ3) is 2.77. The molecule has 5 nitrogen and oxygen atoms in total. The molecule has 0 spiro atoms. The zero-order chi connectivity index (χ0) is 12.9. The lowest BCUT2D eigenvalue weighted by Gasteiger charge is -2.32. The van der Waals surface area contributed by atoms with Gasteiger partial charge in [0.25, 0.3) is 0 Å². The predicted octanol–water partition coefficient (Wildman–Crippen LogP) is 1.52. The Balaban J connectivity index is 2.56. The van der Waals surface area contributed by atoms with Crippen molar-refractivity contribution < 1.29 is 22.8 Å². The summed E-state index contributed by atoms with van der Waals surface area (Å²) in [7, 11) is 2.19. The second-order valence-electron chi connectivity index (χ2n) is 4.07. The summed E-state index contributed by atoms with van der Waals surface area (Å²) in [6, 6.07) is 0. The lowest BCUT2D eigenvalue weighted by atomic mass is 10.3. The molecule has 0 heterocycles. The van der Waals surface area contributed by atoms with Gasteiger partial charge in [0, 0.05) is 32.4 Å². The van der Waals surface area contributed by atoms with Crippen LogP contribution in [0, 0.1) is 0 Å². The molecule has 1 saturated carbocycles. The minimum Gasteiger partial charge on any atom is -0.463 e. The Morgan fingerprint density at radius 2 is 1.82 bits per heavy atom. The van der Waals surface area contributed by atoms with Crippen LogP contribution in [0.15, 0.2) is 12.7 Å². The van der Waals surface area contributed by atoms with E-state index >= 15 is 0 Å². The third-order valence-corrected chi connectivity index (χ3v) is 6.96. The maximum atomic E-state index is 11.0. The fraction of sp³-hybridized carbons (Fsp3) is 0.727. The van der Waals surface area contributed by atoms with Gasteiger partial charge in [-0.05, 0) is 19.3 Å². The van der Waals surface area contributed by atoms with Gasteiger partial charge in [-0.25, -0.2) is 4.79 Å². The number of carbonyl (C=O) groups excluding carboxylic acids is 1. The summed E-state index contributed by atoms with van der Waals surface area (Å²) in [5.41, 5.74) is 0. The summed E-state index contributed by atoms with van der Waals surface area (Å²) in [5, 5.41) is -0.0906. The average molecular weight is 260 g/mol. The molecular formula is C11H20O5Si. The normalized spacial score (nSPS) is 17.6. The van der Waals surface area contributed by atoms with Crippen molar-refractivity contribution in [1.82, 2.24) is 0 Å². The minimum atomic E-state index is -2.63. The van der Waals surface area contributed by atoms with E-state index < -0.39 is 14.8 Å². The molecule has 0 N–H and O–H groups in total. The van der Waals surface area contributed by atoms with Gasteiger partial charge in [-0.2, -0.15) is 0 Å². The Morgan fingerprint density at radius 1 is 1.29 bits per heavy atom. The molecule has 1 aliphatic carbocycles. The summed E-state index contributed by atoms with van der Waals surface area (Å²) >= 11 is 0. The summed E-state index contributed by atoms with van der Waals surface area (Å²) in [6.07, 6.45) is 3.84. The van der Waals surface area contributed by atoms with Gasteiger partial charge >= 0.3 is 14.8 Å². The standard InChI is InChI=1S/C11H20O5Si/c1-5-10(12)16-9-8-11(6-7-11)17(13-2,14-3)15-4/h5H,1,6-9H2,2-4H3. The maximum Gasteiger partial charge on any atom is 0.506 e. The first-order valence-corrected chi connectivity index (χ1v) is 7.27. The van der Waals surface area contributed by atoms with Crippen molar-refractivity contribution >= 4 is 14.8 Å². The molecule has 1 aliphatic rings. The molecule has 17 heavy (non-hydrogen) atoms. The zero-order valence-corrected chi connectivity index (χ0v) is 11.7. The number of carbonyl (C=O) groups is 1. The van der Waals surface area contributed by atoms with Gasteiger partial charge in [0.2, 0.25) is 0 Å². The Hall–Kier alpha value is -0.693. The molecule has 6 heteroatoms. The van der Waals surface area contributed by atoms with Crippen LogP contribution >= 0.6 is 0 Å². The third-order valence-electron chi connectivity index (χ3n) is 3.30. The summed E-state index contributed by atoms with van der Waals surface area (Å²) in [4.78, 5) is 11.0. The average Bonchev–Trinajstić information content (AvgIpc) is 3.13. The van der Waals surface area contributed by atoms with Gasteiger partial charge in [-0.15, -0.1) is 0 Å². The highest BCUT2D eigenvalue weighted by Crippen LogP contribution is 2.63. The molecule has 0 saturated heterocycles. The van der Waals surface area contributed by atoms with E-state index in [4.69, 9.17) is 18.0 Å². The summed E-state index contributed by atoms with van der Waals surface area (Å²) in [6.45, 7) is 3.69. The van der Waals surface area contributed by atoms with Crippen LogP contribution in [0.5, 0.6) is 0 Å². The quantitative estimate of drug-likeness (QED) is 0.376. The number of hydrogen-bond acceptors (Lipinski definition) is 5. The Kier molecular flexibility index (Phi) is 4.87. The van der Waals surface area contributed by atoms with Crippen LogP contribution in [0.2, 0.25) is 5.04 Å². The smallest absolute Gasteiger partial charge is 0.463 e. The SMILES string of the molecule is C=CC(=O)OCCC1([Si](OC)(OC)OC)CC1. The molecule has 0 bridgehead atoms. The van der Waals surface area contributed by atoms with E-state index in [1.54, 1.807) is 21.3 Å². The van der Waals surface area contributed by atoms with E-state index in [-0.39, 0.29) is 5.04 Å². The molecule has 0 amide bonds. The van der Waals surface area contributed by atoms with Crippen LogP contribution in [0.1, 0.15) is 19.3 Å². The van der Waals surface area contributed by atoms with Gasteiger partial charge in [-0.3, -0.25) is 0 Å². The Labute approximate surface area is 103 Å². The largest absolute Gasteiger partial charge is 0.506 e. The van der Waals surface area contributed by atoms with Crippen LogP contribution < -0.4 is 0 Å². The molecule has 1 fully saturated rings. The van der Waals surface area contributed by atoms with Gasteiger partial charge < -0.3 is 18.0 Å². The van der Waals surface area contributed by atoms with Crippen molar-refractivity contribution in [2.24, 2.45) is 0 Å². The molecule has 0 atom stereocenters. The second kappa shape index (κ2) is 5.77. The Morgan fingerprint density at radius 3 is 2.18 bits per heavy atom. The summed E-state index contributed by atoms with van der Waals surface area (Å²) < 4.78 is 21.4. The van der Waals surface area contributed by atoms with E-state index in [2.05, 4.69) is 6.58 Å². The molecule has 0 aromatic heterocycles. The van der Waals surface area contributed by atoms with Crippen molar-refractivity contribution in [3.63, 3.8) is 0 Å². The van der Waals surface area contributed by atoms with E-state index in [9.17, 15) is 4.79 Å². The molecule has 0 aliphatic heterocycles. The first-order chi connectivity index (χ1) is 8.09. The highest BCUT2D eigenvalue weighted by atomic mass is 28.4. The first-order valence-electron chi connectivity index (χ1n) is 5.54. The van der Waals surface area contributed by atoms with Crippen molar-refractivity contribution in [2.75, 3.05) is 27.9 Å². The van der Waals surface area contributed by atoms with Gasteiger partial charge in [-0.1, -0.05) is 6.58 Å². The van der Waals surface area contributed by atoms with Gasteiger partial charge in [0.1, 0.15) is 0 Å². The van der Waals surface area contributed by atoms with Crippen molar-refractivity contribution in [3.05, 3.63) is 12.7 Å². The molecule has 0 aromatic carbocycles. The van der Waals surface area contributed by atoms with E-state index in [1.807, 2.05) is 0 Å². The fourth-order valence-electron chi connectivity index (χ4n) is 2.17. The maximum absolute atomic E-state index is 11.0. The fourth-order valence-corrected chi connectivity index (χ4v) is 5.11. The molecule has 0 aromatic rings. The van der Waals surface area contributed by atoms with Crippen molar-refractivity contribution in [1.29, 1.82) is 0 Å². The van der Waals surface area contributed by atoms with Crippen LogP contribution in [0.4, 0.5) is 0 Å². The molecule has 98 valence electrons. The molecule has 0 radical (unpaired) electrons. The van der Waals surface area contributed by atoms with Crippen LogP contribution in [-0.4, -0.2) is 42.7 Å². The van der Waals surface area contributed by atoms with Crippen LogP contribution in [-0.2, 0) is 22.8 Å². The predicted molar refractivity (Wildman–Crippen MR) is 64.5 cm³/mol. The number of rotatable bonds is 8. The van der Waals surface area contributed by atoms with Crippen LogP contribution in [0.25, 0.3) is 0 Å². The monoisotopic (exact) mass is 260 g/mol. The lowest BCUT2D eigenvalue weighted by molar-refractivity contribution is -0.138. The second-order valence-corrected chi connectivity index (χ2v) is 7.47. The van der Waals surface area contributed by atoms with Gasteiger partial charge in [0.15, 0.2) is 0 Å². The summed E-state index contributed by atoms with van der Waals surface area (Å²) in [5.74, 6) is -0.402. The van der Waals surface area contributed by atoms with Gasteiger partial charge in [0.05, 0.1) is 6.61 Å². The molecule has 1 rings (SSSR count). The first kappa shape index (κ1) is 14.4. The van der Waals surface area contributed by atoms with Crippen molar-refractivity contribution in [3.8, 4) is 0 Å². The number of ether oxygens (including phenoxy) is 1. The van der Waals surface area contributed by atoms with Crippen LogP contribution in [0.3, 0.4) is 0 Å². The molecule has 0 unspecified atom stereocenters. The Bertz CT molecular complexity index is 275. The highest BCUT2D eigenvalue weighted by Gasteiger charge is 2.66. The van der Waals surface area contributed by atoms with E-state index in [0.717, 1.165) is 18.9 Å². The van der Waals surface area contributed by atoms with E-state index in [0.29, 0.717) is 13.0 Å². The lowest BCUT2D eigenvalue weighted by Crippen LogP contribution is -2.49. The topological polar surface area (TPSA) is 54.0 Å².